The van der Waals surface area contributed by atoms with Gasteiger partial charge in [-0.15, -0.1) is 0 Å². The van der Waals surface area contributed by atoms with Crippen LogP contribution in [0.4, 0.5) is 52.7 Å². The van der Waals surface area contributed by atoms with E-state index in [1.165, 1.54) is 48.5 Å². The number of halogens is 15. The molecule has 0 aromatic heterocycles. The highest BCUT2D eigenvalue weighted by molar-refractivity contribution is 9.11. The zero-order chi connectivity index (χ0) is 50.1. The smallest absolute Gasteiger partial charge is 0.166 e. The third-order valence-corrected chi connectivity index (χ3v) is 12.5. The molecule has 7 aromatic carbocycles. The summed E-state index contributed by atoms with van der Waals surface area (Å²) < 4.78 is 162. The van der Waals surface area contributed by atoms with Gasteiger partial charge >= 0.3 is 24.7 Å². The minimum atomic E-state index is -4.60. The quantitative estimate of drug-likeness (QED) is 0.0936. The first-order valence-corrected chi connectivity index (χ1v) is 22.5. The Balaban J connectivity index is 1.34. The Hall–Kier alpha value is -6.12. The zero-order valence-corrected chi connectivity index (χ0v) is 39.8. The van der Waals surface area contributed by atoms with E-state index >= 15 is 0 Å². The normalized spacial score (nSPS) is 11.7. The molecule has 0 bridgehead atoms. The van der Waals surface area contributed by atoms with Crippen LogP contribution in [0.5, 0.6) is 0 Å². The molecular weight excluding hydrogens is 1120 g/mol. The van der Waals surface area contributed by atoms with E-state index in [-0.39, 0.29) is 16.7 Å². The predicted molar refractivity (Wildman–Crippen MR) is 256 cm³/mol. The van der Waals surface area contributed by atoms with Crippen LogP contribution in [0.2, 0.25) is 6.82 Å². The van der Waals surface area contributed by atoms with Gasteiger partial charge in [0.25, 0.3) is 0 Å². The third kappa shape index (κ3) is 12.2. The van der Waals surface area contributed by atoms with E-state index in [1.807, 2.05) is 19.0 Å². The SMILES string of the molecule is CBc1cc(-c2cc(C#Cc3ccc(C(F)(F)F)cc3)c(C#Cc3ccc(C(F)(F)F)cc3)cc2Br)c(Br)cc1-c1cc(-c2ccc(C(F)(F)F)cc2)c(C#Cc2ccc(C(F)(F)F)cc2)cc1Br. The molecule has 0 saturated carbocycles. The average molecular weight is 1140 g/mol. The molecule has 0 aliphatic carbocycles. The molecule has 0 saturated heterocycles. The van der Waals surface area contributed by atoms with Crippen molar-refractivity contribution < 1.29 is 52.7 Å². The van der Waals surface area contributed by atoms with E-state index in [9.17, 15) is 52.7 Å². The van der Waals surface area contributed by atoms with Crippen LogP contribution in [0.15, 0.2) is 147 Å². The molecule has 7 aromatic rings. The van der Waals surface area contributed by atoms with Crippen LogP contribution in [-0.4, -0.2) is 7.28 Å². The maximum absolute atomic E-state index is 13.6. The van der Waals surface area contributed by atoms with Crippen LogP contribution in [0.25, 0.3) is 33.4 Å². The standard InChI is InChI=1S/C53H26BBr3F12/c1-54-46-28-45(43-24-34(11-2-30-5-16-37(17-6-30)50(58,59)60)35(25-47(43)55)12-3-31-7-18-38(19-8-31)51(61,62)63)49(57)29-42(46)44-27-41(33-14-22-40(23-15-33)53(67,68)69)36(26-48(44)56)13-4-32-9-20-39(21-10-32)52(64,65)66/h5-10,14-29,54H,1H3. The first-order chi connectivity index (χ1) is 32.4. The number of benzene rings is 7. The van der Waals surface area contributed by atoms with Gasteiger partial charge in [-0.3, -0.25) is 0 Å². The number of hydrogen-bond acceptors (Lipinski definition) is 0. The van der Waals surface area contributed by atoms with Gasteiger partial charge in [0, 0.05) is 46.8 Å². The highest BCUT2D eigenvalue weighted by Crippen LogP contribution is 2.41. The minimum Gasteiger partial charge on any atom is -0.166 e. The van der Waals surface area contributed by atoms with Crippen LogP contribution in [0.1, 0.15) is 55.6 Å². The first kappa shape index (κ1) is 50.8. The molecule has 69 heavy (non-hydrogen) atoms. The van der Waals surface area contributed by atoms with E-state index in [2.05, 4.69) is 83.3 Å². The monoisotopic (exact) mass is 1140 g/mol. The van der Waals surface area contributed by atoms with E-state index in [0.29, 0.717) is 70.8 Å². The Morgan fingerprint density at radius 3 is 1.04 bits per heavy atom. The zero-order valence-electron chi connectivity index (χ0n) is 35.1. The van der Waals surface area contributed by atoms with Crippen LogP contribution >= 0.6 is 47.8 Å². The lowest BCUT2D eigenvalue weighted by Crippen LogP contribution is -2.15. The van der Waals surface area contributed by atoms with Crippen molar-refractivity contribution in [3.8, 4) is 68.9 Å². The molecule has 0 aliphatic heterocycles. The first-order valence-electron chi connectivity index (χ1n) is 20.1. The second-order valence-corrected chi connectivity index (χ2v) is 17.7. The van der Waals surface area contributed by atoms with Crippen molar-refractivity contribution in [1.29, 1.82) is 0 Å². The molecule has 0 spiro atoms. The van der Waals surface area contributed by atoms with Crippen molar-refractivity contribution >= 4 is 60.5 Å². The summed E-state index contributed by atoms with van der Waals surface area (Å²) >= 11 is 11.0. The van der Waals surface area contributed by atoms with Gasteiger partial charge < -0.3 is 0 Å². The summed E-state index contributed by atoms with van der Waals surface area (Å²) in [6.45, 7) is 1.92. The van der Waals surface area contributed by atoms with Gasteiger partial charge in [0.2, 0.25) is 0 Å². The highest BCUT2D eigenvalue weighted by atomic mass is 79.9. The summed E-state index contributed by atoms with van der Waals surface area (Å²) in [5.74, 6) is 17.6. The van der Waals surface area contributed by atoms with Crippen LogP contribution in [0, 0.1) is 35.5 Å². The topological polar surface area (TPSA) is 0 Å². The average Bonchev–Trinajstić information content (AvgIpc) is 3.29. The molecular formula is C53H26BBr3F12. The molecule has 0 N–H and O–H groups in total. The Labute approximate surface area is 413 Å². The number of hydrogen-bond donors (Lipinski definition) is 0. The van der Waals surface area contributed by atoms with Crippen molar-refractivity contribution in [1.82, 2.24) is 0 Å². The van der Waals surface area contributed by atoms with Gasteiger partial charge in [0.1, 0.15) is 0 Å². The van der Waals surface area contributed by atoms with Gasteiger partial charge in [-0.2, -0.15) is 52.7 Å². The third-order valence-electron chi connectivity index (χ3n) is 10.6. The summed E-state index contributed by atoms with van der Waals surface area (Å²) in [5.41, 5.74) is 2.73. The molecule has 0 unspecified atom stereocenters. The molecule has 0 radical (unpaired) electrons. The molecule has 0 amide bonds. The Morgan fingerprint density at radius 1 is 0.333 bits per heavy atom. The van der Waals surface area contributed by atoms with Gasteiger partial charge in [0.15, 0.2) is 7.28 Å². The van der Waals surface area contributed by atoms with Gasteiger partial charge in [0.05, 0.1) is 22.3 Å². The fraction of sp³-hybridized carbons (Fsp3) is 0.0943. The summed E-state index contributed by atoms with van der Waals surface area (Å²) in [6.07, 6.45) is -18.3. The predicted octanol–water partition coefficient (Wildman–Crippen LogP) is 16.4. The molecule has 0 fully saturated rings. The van der Waals surface area contributed by atoms with E-state index < -0.39 is 47.0 Å². The Bertz CT molecular complexity index is 3260. The fourth-order valence-corrected chi connectivity index (χ4v) is 8.63. The summed E-state index contributed by atoms with van der Waals surface area (Å²) in [6, 6.07) is 27.9. The highest BCUT2D eigenvalue weighted by Gasteiger charge is 2.32. The van der Waals surface area contributed by atoms with E-state index in [4.69, 9.17) is 0 Å². The maximum atomic E-state index is 13.6. The molecule has 0 heterocycles. The molecule has 0 atom stereocenters. The fourth-order valence-electron chi connectivity index (χ4n) is 6.96. The van der Waals surface area contributed by atoms with E-state index in [1.54, 1.807) is 24.3 Å². The Kier molecular flexibility index (Phi) is 14.8. The van der Waals surface area contributed by atoms with Gasteiger partial charge in [-0.1, -0.05) is 114 Å². The van der Waals surface area contributed by atoms with Crippen molar-refractivity contribution in [3.63, 3.8) is 0 Å². The van der Waals surface area contributed by atoms with E-state index in [0.717, 1.165) is 54.0 Å². The second kappa shape index (κ2) is 20.1. The Morgan fingerprint density at radius 2 is 0.652 bits per heavy atom. The molecule has 346 valence electrons. The molecule has 0 aliphatic rings. The van der Waals surface area contributed by atoms with Crippen molar-refractivity contribution in [3.05, 3.63) is 203 Å². The number of alkyl halides is 12. The van der Waals surface area contributed by atoms with Gasteiger partial charge in [-0.05, 0) is 149 Å². The minimum absolute atomic E-state index is 0.269. The summed E-state index contributed by atoms with van der Waals surface area (Å²) in [5, 5.41) is 0. The largest absolute Gasteiger partial charge is 0.416 e. The number of rotatable bonds is 4. The molecule has 0 nitrogen and oxygen atoms in total. The maximum Gasteiger partial charge on any atom is 0.416 e. The lowest BCUT2D eigenvalue weighted by Gasteiger charge is -2.18. The lowest BCUT2D eigenvalue weighted by atomic mass is 9.69. The molecule has 16 heteroatoms. The summed E-state index contributed by atoms with van der Waals surface area (Å²) in [4.78, 5) is 0. The molecule has 7 rings (SSSR count). The van der Waals surface area contributed by atoms with Crippen molar-refractivity contribution in [2.75, 3.05) is 0 Å². The second-order valence-electron chi connectivity index (χ2n) is 15.1. The van der Waals surface area contributed by atoms with Crippen LogP contribution in [0.3, 0.4) is 0 Å². The van der Waals surface area contributed by atoms with Crippen molar-refractivity contribution in [2.45, 2.75) is 31.5 Å². The lowest BCUT2D eigenvalue weighted by molar-refractivity contribution is -0.138. The summed E-state index contributed by atoms with van der Waals surface area (Å²) in [7, 11) is 0.474. The van der Waals surface area contributed by atoms with Gasteiger partial charge in [-0.25, -0.2) is 0 Å². The van der Waals surface area contributed by atoms with Crippen molar-refractivity contribution in [2.24, 2.45) is 0 Å². The van der Waals surface area contributed by atoms with Crippen LogP contribution in [-0.2, 0) is 24.7 Å². The van der Waals surface area contributed by atoms with Crippen LogP contribution < -0.4 is 5.46 Å².